The largest absolute Gasteiger partial charge is 0.349 e. The maximum atomic E-state index is 12.8. The minimum absolute atomic E-state index is 0.0321. The molecule has 2 saturated heterocycles. The molecule has 0 spiro atoms. The predicted molar refractivity (Wildman–Crippen MR) is 103 cm³/mol. The highest BCUT2D eigenvalue weighted by atomic mass is 16.2. The zero-order chi connectivity index (χ0) is 19.2. The Kier molecular flexibility index (Phi) is 6.48. The van der Waals surface area contributed by atoms with E-state index in [2.05, 4.69) is 5.32 Å². The Morgan fingerprint density at radius 3 is 2.22 bits per heavy atom. The van der Waals surface area contributed by atoms with E-state index in [1.54, 1.807) is 0 Å². The van der Waals surface area contributed by atoms with Gasteiger partial charge in [-0.05, 0) is 31.2 Å². The Labute approximate surface area is 160 Å². The second-order valence-electron chi connectivity index (χ2n) is 7.56. The van der Waals surface area contributed by atoms with Crippen molar-refractivity contribution < 1.29 is 14.4 Å². The van der Waals surface area contributed by atoms with E-state index in [4.69, 9.17) is 0 Å². The van der Waals surface area contributed by atoms with Crippen molar-refractivity contribution in [3.63, 3.8) is 0 Å². The van der Waals surface area contributed by atoms with Crippen LogP contribution in [0.5, 0.6) is 0 Å². The molecule has 2 fully saturated rings. The molecule has 0 saturated carbocycles. The molecular weight excluding hydrogens is 342 g/mol. The highest BCUT2D eigenvalue weighted by molar-refractivity contribution is 5.81. The molecule has 1 atom stereocenters. The normalized spacial score (nSPS) is 19.0. The van der Waals surface area contributed by atoms with Gasteiger partial charge in [-0.2, -0.15) is 0 Å². The molecule has 3 rings (SSSR count). The van der Waals surface area contributed by atoms with Gasteiger partial charge in [-0.25, -0.2) is 0 Å². The average molecular weight is 371 g/mol. The summed E-state index contributed by atoms with van der Waals surface area (Å²) in [6.07, 6.45) is 3.92. The number of hydrogen-bond donors (Lipinski definition) is 1. The fourth-order valence-electron chi connectivity index (χ4n) is 4.06. The third-order valence-electron chi connectivity index (χ3n) is 5.57. The molecule has 1 aromatic carbocycles. The Morgan fingerprint density at radius 1 is 1.00 bits per heavy atom. The van der Waals surface area contributed by atoms with Crippen LogP contribution in [0.2, 0.25) is 0 Å². The van der Waals surface area contributed by atoms with E-state index < -0.39 is 0 Å². The van der Waals surface area contributed by atoms with Crippen LogP contribution in [0.4, 0.5) is 0 Å². The number of nitrogens with one attached hydrogen (secondary N) is 1. The van der Waals surface area contributed by atoms with Crippen LogP contribution in [-0.2, 0) is 14.4 Å². The monoisotopic (exact) mass is 371 g/mol. The summed E-state index contributed by atoms with van der Waals surface area (Å²) in [6, 6.07) is 9.26. The Balaban J connectivity index is 1.54. The summed E-state index contributed by atoms with van der Waals surface area (Å²) < 4.78 is 0. The van der Waals surface area contributed by atoms with Gasteiger partial charge in [-0.1, -0.05) is 30.3 Å². The molecule has 0 aliphatic carbocycles. The van der Waals surface area contributed by atoms with Crippen LogP contribution in [-0.4, -0.2) is 53.7 Å². The number of likely N-dealkylation sites (tertiary alicyclic amines) is 2. The van der Waals surface area contributed by atoms with Crippen LogP contribution < -0.4 is 5.32 Å². The molecule has 2 aliphatic rings. The molecular formula is C21H29N3O3. The van der Waals surface area contributed by atoms with Gasteiger partial charge in [0.05, 0.1) is 12.5 Å². The van der Waals surface area contributed by atoms with Crippen molar-refractivity contribution >= 4 is 17.7 Å². The molecule has 27 heavy (non-hydrogen) atoms. The van der Waals surface area contributed by atoms with Crippen molar-refractivity contribution in [2.45, 2.75) is 45.1 Å². The molecule has 0 aromatic heterocycles. The lowest BCUT2D eigenvalue weighted by atomic mass is 9.94. The van der Waals surface area contributed by atoms with Crippen LogP contribution in [0, 0.1) is 5.92 Å². The second-order valence-corrected chi connectivity index (χ2v) is 7.56. The van der Waals surface area contributed by atoms with Crippen LogP contribution in [0.3, 0.4) is 0 Å². The van der Waals surface area contributed by atoms with Gasteiger partial charge in [-0.15, -0.1) is 0 Å². The minimum Gasteiger partial charge on any atom is -0.349 e. The molecule has 2 heterocycles. The van der Waals surface area contributed by atoms with Crippen molar-refractivity contribution in [1.29, 1.82) is 0 Å². The van der Waals surface area contributed by atoms with Crippen LogP contribution in [0.25, 0.3) is 0 Å². The van der Waals surface area contributed by atoms with Gasteiger partial charge in [0.25, 0.3) is 0 Å². The Hall–Kier alpha value is -2.37. The second kappa shape index (κ2) is 9.02. The lowest BCUT2D eigenvalue weighted by Gasteiger charge is -2.34. The molecule has 6 nitrogen and oxygen atoms in total. The first kappa shape index (κ1) is 19.4. The van der Waals surface area contributed by atoms with Gasteiger partial charge in [0.15, 0.2) is 0 Å². The molecule has 1 unspecified atom stereocenters. The summed E-state index contributed by atoms with van der Waals surface area (Å²) >= 11 is 0. The summed E-state index contributed by atoms with van der Waals surface area (Å²) in [5.41, 5.74) is 0.931. The first-order valence-corrected chi connectivity index (χ1v) is 9.93. The number of amides is 3. The average Bonchev–Trinajstić information content (AvgIpc) is 3.22. The number of nitrogens with zero attached hydrogens (tertiary/aromatic N) is 2. The third kappa shape index (κ3) is 5.08. The van der Waals surface area contributed by atoms with Crippen LogP contribution in [0.15, 0.2) is 30.3 Å². The molecule has 6 heteroatoms. The van der Waals surface area contributed by atoms with E-state index in [1.807, 2.05) is 40.1 Å². The quantitative estimate of drug-likeness (QED) is 0.862. The number of piperidine rings is 1. The number of hydrogen-bond acceptors (Lipinski definition) is 3. The zero-order valence-corrected chi connectivity index (χ0v) is 16.0. The van der Waals surface area contributed by atoms with Gasteiger partial charge < -0.3 is 15.1 Å². The Morgan fingerprint density at radius 2 is 1.63 bits per heavy atom. The molecule has 1 N–H and O–H groups in total. The van der Waals surface area contributed by atoms with E-state index in [0.717, 1.165) is 44.3 Å². The number of carbonyl (C=O) groups excluding carboxylic acids is 3. The van der Waals surface area contributed by atoms with E-state index in [1.165, 1.54) is 6.92 Å². The fourth-order valence-corrected chi connectivity index (χ4v) is 4.06. The molecule has 3 amide bonds. The van der Waals surface area contributed by atoms with Crippen molar-refractivity contribution in [1.82, 2.24) is 15.1 Å². The minimum atomic E-state index is -0.319. The number of benzene rings is 1. The van der Waals surface area contributed by atoms with E-state index in [-0.39, 0.29) is 36.1 Å². The SMILES string of the molecule is CC(=O)NC(CC(=O)N1CCC(C(=O)N2CCCC2)CC1)c1ccccc1. The zero-order valence-electron chi connectivity index (χ0n) is 16.0. The summed E-state index contributed by atoms with van der Waals surface area (Å²) in [6.45, 7) is 4.46. The highest BCUT2D eigenvalue weighted by Crippen LogP contribution is 2.24. The van der Waals surface area contributed by atoms with Gasteiger partial charge in [0.2, 0.25) is 17.7 Å². The smallest absolute Gasteiger partial charge is 0.225 e. The fraction of sp³-hybridized carbons (Fsp3) is 0.571. The standard InChI is InChI=1S/C21H29N3O3/c1-16(25)22-19(17-7-3-2-4-8-17)15-20(26)23-13-9-18(10-14-23)21(27)24-11-5-6-12-24/h2-4,7-8,18-19H,5-6,9-15H2,1H3,(H,22,25). The first-order chi connectivity index (χ1) is 13.0. The van der Waals surface area contributed by atoms with Gasteiger partial charge in [0.1, 0.15) is 0 Å². The summed E-state index contributed by atoms with van der Waals surface area (Å²) in [7, 11) is 0. The lowest BCUT2D eigenvalue weighted by Crippen LogP contribution is -2.44. The molecule has 0 bridgehead atoms. The van der Waals surface area contributed by atoms with Gasteiger partial charge >= 0.3 is 0 Å². The van der Waals surface area contributed by atoms with Crippen molar-refractivity contribution in [2.24, 2.45) is 5.92 Å². The lowest BCUT2D eigenvalue weighted by molar-refractivity contribution is -0.140. The predicted octanol–water partition coefficient (Wildman–Crippen LogP) is 2.11. The van der Waals surface area contributed by atoms with Crippen LogP contribution >= 0.6 is 0 Å². The van der Waals surface area contributed by atoms with Crippen molar-refractivity contribution in [3.05, 3.63) is 35.9 Å². The molecule has 1 aromatic rings. The summed E-state index contributed by atoms with van der Waals surface area (Å²) in [5.74, 6) is 0.198. The third-order valence-corrected chi connectivity index (χ3v) is 5.57. The molecule has 0 radical (unpaired) electrons. The maximum Gasteiger partial charge on any atom is 0.225 e. The van der Waals surface area contributed by atoms with Crippen molar-refractivity contribution in [2.75, 3.05) is 26.2 Å². The van der Waals surface area contributed by atoms with Gasteiger partial charge in [0, 0.05) is 39.0 Å². The molecule has 2 aliphatic heterocycles. The topological polar surface area (TPSA) is 69.7 Å². The van der Waals surface area contributed by atoms with Crippen molar-refractivity contribution in [3.8, 4) is 0 Å². The van der Waals surface area contributed by atoms with E-state index >= 15 is 0 Å². The van der Waals surface area contributed by atoms with E-state index in [9.17, 15) is 14.4 Å². The Bertz CT molecular complexity index is 663. The maximum absolute atomic E-state index is 12.8. The molecule has 146 valence electrons. The number of rotatable bonds is 5. The van der Waals surface area contributed by atoms with Gasteiger partial charge in [-0.3, -0.25) is 14.4 Å². The van der Waals surface area contributed by atoms with Crippen LogP contribution in [0.1, 0.15) is 50.6 Å². The first-order valence-electron chi connectivity index (χ1n) is 9.93. The number of carbonyl (C=O) groups is 3. The summed E-state index contributed by atoms with van der Waals surface area (Å²) in [5, 5.41) is 2.88. The summed E-state index contributed by atoms with van der Waals surface area (Å²) in [4.78, 5) is 40.7. The highest BCUT2D eigenvalue weighted by Gasteiger charge is 2.31. The van der Waals surface area contributed by atoms with E-state index in [0.29, 0.717) is 13.1 Å².